The summed E-state index contributed by atoms with van der Waals surface area (Å²) in [5.74, 6) is 0.0593. The predicted octanol–water partition coefficient (Wildman–Crippen LogP) is 4.35. The Balaban J connectivity index is 1.73. The number of nitrogens with zero attached hydrogens (tertiary/aromatic N) is 3. The van der Waals surface area contributed by atoms with Crippen LogP contribution in [0.5, 0.6) is 0 Å². The second-order valence-electron chi connectivity index (χ2n) is 9.10. The van der Waals surface area contributed by atoms with Crippen LogP contribution in [0.15, 0.2) is 40.6 Å². The van der Waals surface area contributed by atoms with Crippen molar-refractivity contribution in [1.29, 1.82) is 0 Å². The number of fused-ring (bicyclic) bond motifs is 1. The molecule has 2 aromatic rings. The molecule has 0 aliphatic carbocycles. The van der Waals surface area contributed by atoms with Crippen molar-refractivity contribution in [1.82, 2.24) is 20.2 Å². The van der Waals surface area contributed by atoms with Gasteiger partial charge in [-0.3, -0.25) is 14.6 Å². The summed E-state index contributed by atoms with van der Waals surface area (Å²) in [7, 11) is 0. The van der Waals surface area contributed by atoms with Crippen molar-refractivity contribution in [3.63, 3.8) is 0 Å². The molecule has 0 aromatic carbocycles. The number of likely N-dealkylation sites (tertiary alicyclic amines) is 1. The van der Waals surface area contributed by atoms with Gasteiger partial charge in [0.25, 0.3) is 5.91 Å². The summed E-state index contributed by atoms with van der Waals surface area (Å²) in [6.45, 7) is 11.6. The molecule has 2 unspecified atom stereocenters. The van der Waals surface area contributed by atoms with Gasteiger partial charge in [0.15, 0.2) is 0 Å². The maximum absolute atomic E-state index is 12.9. The van der Waals surface area contributed by atoms with E-state index >= 15 is 0 Å². The van der Waals surface area contributed by atoms with Crippen LogP contribution in [-0.2, 0) is 4.79 Å². The third-order valence-electron chi connectivity index (χ3n) is 5.90. The molecular weight excluding hydrogens is 444 g/mol. The highest BCUT2D eigenvalue weighted by molar-refractivity contribution is 9.10. The monoisotopic (exact) mass is 472 g/mol. The minimum absolute atomic E-state index is 0.00818. The number of pyridine rings is 2. The fourth-order valence-corrected chi connectivity index (χ4v) is 3.76. The maximum Gasteiger partial charge on any atom is 0.270 e. The summed E-state index contributed by atoms with van der Waals surface area (Å²) in [5.41, 5.74) is 2.06. The van der Waals surface area contributed by atoms with Crippen LogP contribution in [0.1, 0.15) is 51.5 Å². The van der Waals surface area contributed by atoms with E-state index in [1.165, 1.54) is 0 Å². The minimum Gasteiger partial charge on any atom is -0.346 e. The Hall–Kier alpha value is -2.28. The average Bonchev–Trinajstić information content (AvgIpc) is 2.68. The molecule has 3 heterocycles. The highest BCUT2D eigenvalue weighted by atomic mass is 79.9. The van der Waals surface area contributed by atoms with Crippen molar-refractivity contribution < 1.29 is 9.59 Å². The molecular formula is C23H29BrN4O2. The van der Waals surface area contributed by atoms with Crippen LogP contribution in [0.25, 0.3) is 10.9 Å². The van der Waals surface area contributed by atoms with Crippen LogP contribution < -0.4 is 5.32 Å². The van der Waals surface area contributed by atoms with E-state index in [0.717, 1.165) is 21.9 Å². The molecule has 3 rings (SSSR count). The van der Waals surface area contributed by atoms with Crippen molar-refractivity contribution in [3.8, 4) is 0 Å². The van der Waals surface area contributed by atoms with E-state index in [0.29, 0.717) is 24.3 Å². The fourth-order valence-electron chi connectivity index (χ4n) is 3.33. The van der Waals surface area contributed by atoms with E-state index in [1.807, 2.05) is 17.9 Å². The molecule has 0 bridgehead atoms. The highest BCUT2D eigenvalue weighted by Crippen LogP contribution is 2.25. The molecule has 6 nitrogen and oxygen atoms in total. The number of hydrogen-bond acceptors (Lipinski definition) is 4. The summed E-state index contributed by atoms with van der Waals surface area (Å²) in [5, 5.41) is 3.96. The third-order valence-corrected chi connectivity index (χ3v) is 6.48. The number of carbonyl (C=O) groups excluding carboxylic acids is 2. The molecule has 2 aromatic heterocycles. The average molecular weight is 473 g/mol. The van der Waals surface area contributed by atoms with Crippen molar-refractivity contribution in [2.45, 2.75) is 47.1 Å². The minimum atomic E-state index is -0.229. The van der Waals surface area contributed by atoms with Gasteiger partial charge in [-0.25, -0.2) is 4.98 Å². The van der Waals surface area contributed by atoms with Gasteiger partial charge in [0.2, 0.25) is 5.91 Å². The van der Waals surface area contributed by atoms with E-state index in [-0.39, 0.29) is 29.2 Å². The molecule has 1 saturated heterocycles. The number of hydrogen-bond donors (Lipinski definition) is 1. The predicted molar refractivity (Wildman–Crippen MR) is 122 cm³/mol. The first-order chi connectivity index (χ1) is 14.1. The number of amides is 2. The number of piperidine rings is 1. The van der Waals surface area contributed by atoms with Gasteiger partial charge in [-0.05, 0) is 52.7 Å². The highest BCUT2D eigenvalue weighted by Gasteiger charge is 2.30. The summed E-state index contributed by atoms with van der Waals surface area (Å²) >= 11 is 3.44. The Kier molecular flexibility index (Phi) is 6.60. The number of rotatable bonds is 3. The number of allylic oxidation sites excluding steroid dienone is 1. The number of halogens is 1. The Labute approximate surface area is 186 Å². The number of nitrogens with one attached hydrogen (secondary N) is 1. The first-order valence-electron chi connectivity index (χ1n) is 10.2. The number of carbonyl (C=O) groups is 2. The lowest BCUT2D eigenvalue weighted by Crippen LogP contribution is -2.53. The van der Waals surface area contributed by atoms with Gasteiger partial charge in [0.1, 0.15) is 5.69 Å². The molecule has 1 aliphatic heterocycles. The van der Waals surface area contributed by atoms with Crippen LogP contribution in [0.3, 0.4) is 0 Å². The quantitative estimate of drug-likeness (QED) is 0.673. The van der Waals surface area contributed by atoms with Crippen LogP contribution in [0.2, 0.25) is 0 Å². The smallest absolute Gasteiger partial charge is 0.270 e. The van der Waals surface area contributed by atoms with E-state index in [2.05, 4.69) is 58.9 Å². The van der Waals surface area contributed by atoms with Crippen molar-refractivity contribution in [2.24, 2.45) is 11.3 Å². The molecule has 0 saturated carbocycles. The zero-order valence-electron chi connectivity index (χ0n) is 18.2. The fraction of sp³-hybridized carbons (Fsp3) is 0.478. The zero-order chi connectivity index (χ0) is 22.1. The lowest BCUT2D eigenvalue weighted by molar-refractivity contribution is -0.127. The van der Waals surface area contributed by atoms with Gasteiger partial charge in [0, 0.05) is 43.0 Å². The van der Waals surface area contributed by atoms with Gasteiger partial charge in [0.05, 0.1) is 9.99 Å². The standard InChI is InChI=1S/C23H29BrN4O2/c1-14-8-9-28(20(29)10-15(2)23(3,4)5)13-19(14)27-22(30)18-7-6-16-11-25-12-17(24)21(16)26-18/h6-7,10-12,14,19H,8-9,13H2,1-5H3,(H,27,30)/b15-10+. The Morgan fingerprint density at radius 3 is 2.70 bits per heavy atom. The molecule has 0 spiro atoms. The topological polar surface area (TPSA) is 75.2 Å². The van der Waals surface area contributed by atoms with E-state index in [1.54, 1.807) is 24.5 Å². The second-order valence-corrected chi connectivity index (χ2v) is 9.95. The van der Waals surface area contributed by atoms with Crippen LogP contribution in [-0.4, -0.2) is 45.8 Å². The molecule has 1 N–H and O–H groups in total. The molecule has 1 aliphatic rings. The molecule has 1 fully saturated rings. The van der Waals surface area contributed by atoms with Gasteiger partial charge in [-0.15, -0.1) is 0 Å². The summed E-state index contributed by atoms with van der Waals surface area (Å²) in [4.78, 5) is 36.1. The lowest BCUT2D eigenvalue weighted by Gasteiger charge is -2.37. The third kappa shape index (κ3) is 5.06. The van der Waals surface area contributed by atoms with Crippen molar-refractivity contribution >= 4 is 38.6 Å². The molecule has 7 heteroatoms. The molecule has 2 amide bonds. The number of aromatic nitrogens is 2. The lowest BCUT2D eigenvalue weighted by atomic mass is 9.87. The summed E-state index contributed by atoms with van der Waals surface area (Å²) < 4.78 is 0.749. The molecule has 160 valence electrons. The molecule has 30 heavy (non-hydrogen) atoms. The molecule has 0 radical (unpaired) electrons. The van der Waals surface area contributed by atoms with Crippen molar-refractivity contribution in [2.75, 3.05) is 13.1 Å². The summed E-state index contributed by atoms with van der Waals surface area (Å²) in [6, 6.07) is 3.43. The Morgan fingerprint density at radius 1 is 1.27 bits per heavy atom. The SMILES string of the molecule is C/C(=C\C(=O)N1CCC(C)C(NC(=O)c2ccc3cncc(Br)c3n2)C1)C(C)(C)C. The van der Waals surface area contributed by atoms with Crippen molar-refractivity contribution in [3.05, 3.63) is 46.3 Å². The van der Waals surface area contributed by atoms with E-state index in [4.69, 9.17) is 0 Å². The van der Waals surface area contributed by atoms with Gasteiger partial charge in [-0.2, -0.15) is 0 Å². The van der Waals surface area contributed by atoms with Gasteiger partial charge in [-0.1, -0.05) is 33.3 Å². The Morgan fingerprint density at radius 2 is 2.00 bits per heavy atom. The largest absolute Gasteiger partial charge is 0.346 e. The van der Waals surface area contributed by atoms with Gasteiger partial charge < -0.3 is 10.2 Å². The zero-order valence-corrected chi connectivity index (χ0v) is 19.8. The molecule has 2 atom stereocenters. The van der Waals surface area contributed by atoms with Crippen LogP contribution >= 0.6 is 15.9 Å². The van der Waals surface area contributed by atoms with E-state index < -0.39 is 0 Å². The van der Waals surface area contributed by atoms with E-state index in [9.17, 15) is 9.59 Å². The van der Waals surface area contributed by atoms with Crippen LogP contribution in [0, 0.1) is 11.3 Å². The first-order valence-corrected chi connectivity index (χ1v) is 11.0. The maximum atomic E-state index is 12.9. The summed E-state index contributed by atoms with van der Waals surface area (Å²) in [6.07, 6.45) is 5.96. The van der Waals surface area contributed by atoms with Crippen LogP contribution in [0.4, 0.5) is 0 Å². The Bertz CT molecular complexity index is 996. The first kappa shape index (κ1) is 22.4. The van der Waals surface area contributed by atoms with Gasteiger partial charge >= 0.3 is 0 Å². The second kappa shape index (κ2) is 8.84. The normalized spacial score (nSPS) is 20.3.